The van der Waals surface area contributed by atoms with Gasteiger partial charge in [-0.2, -0.15) is 11.8 Å². The third kappa shape index (κ3) is 7.61. The van der Waals surface area contributed by atoms with E-state index < -0.39 is 32.5 Å². The van der Waals surface area contributed by atoms with Crippen molar-refractivity contribution in [1.82, 2.24) is 13.9 Å². The number of esters is 1. The number of allylic oxidation sites excluding steroid dienone is 2. The number of nitrogens with zero attached hydrogens (tertiary/aromatic N) is 2. The maximum atomic E-state index is 16.4. The number of imidazole rings is 1. The van der Waals surface area contributed by atoms with Crippen LogP contribution in [0.15, 0.2) is 107 Å². The molecule has 0 bridgehead atoms. The van der Waals surface area contributed by atoms with E-state index in [-0.39, 0.29) is 35.3 Å². The highest BCUT2D eigenvalue weighted by atomic mass is 79.9. The Bertz CT molecular complexity index is 2290. The number of benzene rings is 3. The molecule has 1 aliphatic rings. The third-order valence-corrected chi connectivity index (χ3v) is 12.9. The van der Waals surface area contributed by atoms with Crippen LogP contribution in [0.25, 0.3) is 22.3 Å². The minimum atomic E-state index is -4.35. The quantitative estimate of drug-likeness (QED) is 0.0846. The van der Waals surface area contributed by atoms with Crippen LogP contribution in [0.5, 0.6) is 5.75 Å². The molecule has 0 amide bonds. The number of nitrogens with two attached hydrogens (primary N) is 1. The summed E-state index contributed by atoms with van der Waals surface area (Å²) in [5.74, 6) is -0.237. The largest absolute Gasteiger partial charge is 0.469 e. The normalized spacial score (nSPS) is 16.7. The zero-order valence-electron chi connectivity index (χ0n) is 28.4. The van der Waals surface area contributed by atoms with Crippen molar-refractivity contribution in [2.75, 3.05) is 18.6 Å². The van der Waals surface area contributed by atoms with Gasteiger partial charge in [-0.25, -0.2) is 26.2 Å². The average Bonchev–Trinajstić information content (AvgIpc) is 3.81. The number of aryl methyl sites for hydroxylation is 1. The number of ether oxygens (including phenoxy) is 2. The zero-order chi connectivity index (χ0) is 37.0. The summed E-state index contributed by atoms with van der Waals surface area (Å²) in [6.07, 6.45) is 7.56. The number of aromatic amines is 1. The van der Waals surface area contributed by atoms with Gasteiger partial charge in [0.2, 0.25) is 0 Å². The summed E-state index contributed by atoms with van der Waals surface area (Å²) < 4.78 is 70.7. The molecule has 9 nitrogen and oxygen atoms in total. The van der Waals surface area contributed by atoms with Crippen molar-refractivity contribution in [2.45, 2.75) is 43.4 Å². The lowest BCUT2D eigenvalue weighted by Gasteiger charge is -2.30. The number of rotatable bonds is 14. The molecule has 2 unspecified atom stereocenters. The number of thioether (sulfide) groups is 1. The minimum absolute atomic E-state index is 0.0654. The van der Waals surface area contributed by atoms with Gasteiger partial charge in [0, 0.05) is 22.5 Å². The van der Waals surface area contributed by atoms with E-state index in [1.165, 1.54) is 50.7 Å². The number of aromatic nitrogens is 3. The van der Waals surface area contributed by atoms with Crippen molar-refractivity contribution in [1.29, 1.82) is 0 Å². The first kappa shape index (κ1) is 37.5. The molecule has 0 saturated carbocycles. The van der Waals surface area contributed by atoms with Crippen LogP contribution in [0.2, 0.25) is 0 Å². The van der Waals surface area contributed by atoms with Gasteiger partial charge in [0.05, 0.1) is 36.1 Å². The summed E-state index contributed by atoms with van der Waals surface area (Å²) in [6.45, 7) is 1.33. The molecular weight excluding hydrogens is 774 g/mol. The summed E-state index contributed by atoms with van der Waals surface area (Å²) in [5.41, 5.74) is 9.28. The van der Waals surface area contributed by atoms with E-state index in [9.17, 15) is 13.2 Å². The van der Waals surface area contributed by atoms with Crippen molar-refractivity contribution in [3.8, 4) is 17.1 Å². The predicted octanol–water partition coefficient (Wildman–Crippen LogP) is 8.37. The van der Waals surface area contributed by atoms with Crippen molar-refractivity contribution in [2.24, 2.45) is 5.73 Å². The van der Waals surface area contributed by atoms with Crippen LogP contribution in [-0.4, -0.2) is 51.7 Å². The maximum absolute atomic E-state index is 16.4. The van der Waals surface area contributed by atoms with Crippen molar-refractivity contribution < 1.29 is 31.5 Å². The number of H-pyrrole nitrogens is 1. The average molecular weight is 812 g/mol. The second-order valence-electron chi connectivity index (χ2n) is 12.5. The van der Waals surface area contributed by atoms with Gasteiger partial charge in [-0.1, -0.05) is 46.3 Å². The van der Waals surface area contributed by atoms with E-state index in [2.05, 4.69) is 30.6 Å². The Morgan fingerprint density at radius 1 is 1.13 bits per heavy atom. The first-order valence-electron chi connectivity index (χ1n) is 16.5. The van der Waals surface area contributed by atoms with Crippen molar-refractivity contribution >= 4 is 54.6 Å². The van der Waals surface area contributed by atoms with Gasteiger partial charge >= 0.3 is 5.97 Å². The molecule has 0 spiro atoms. The standard InChI is InChI=1S/C38H37BrF2N4O5S2/c1-38(52(47,48)45-18-15-28-24(7-4-10-32(28)45)16-20-51-19-6-12-34(46)49-2)17-5-11-33(36(38)41)50-27-13-14-30(40)29(22-27)37-43-23-31(44-37)35(42)25-8-3-9-26(39)21-25/h3-5,7-11,13-15,18,21-23,35H,6,12,16-17,19-20,42H2,1-2H3,(H,43,44). The Balaban J connectivity index is 1.21. The third-order valence-electron chi connectivity index (χ3n) is 9.05. The van der Waals surface area contributed by atoms with E-state index in [0.717, 1.165) is 36.5 Å². The van der Waals surface area contributed by atoms with Crippen LogP contribution in [0.1, 0.15) is 49.0 Å². The predicted molar refractivity (Wildman–Crippen MR) is 204 cm³/mol. The lowest BCUT2D eigenvalue weighted by Crippen LogP contribution is -2.41. The van der Waals surface area contributed by atoms with Crippen molar-refractivity contribution in [3.63, 3.8) is 0 Å². The second-order valence-corrected chi connectivity index (χ2v) is 16.9. The fraction of sp³-hybridized carbons (Fsp3) is 0.263. The summed E-state index contributed by atoms with van der Waals surface area (Å²) in [6, 6.07) is 18.0. The molecule has 5 aromatic rings. The van der Waals surface area contributed by atoms with E-state index >= 15 is 8.78 Å². The maximum Gasteiger partial charge on any atom is 0.305 e. The Morgan fingerprint density at radius 2 is 1.94 bits per heavy atom. The van der Waals surface area contributed by atoms with Crippen LogP contribution in [-0.2, 0) is 26.0 Å². The van der Waals surface area contributed by atoms with Gasteiger partial charge in [-0.3, -0.25) is 4.79 Å². The summed E-state index contributed by atoms with van der Waals surface area (Å²) in [5, 5.41) is 0.759. The molecule has 0 saturated heterocycles. The highest BCUT2D eigenvalue weighted by Gasteiger charge is 2.48. The van der Waals surface area contributed by atoms with Crippen LogP contribution in [0.3, 0.4) is 0 Å². The van der Waals surface area contributed by atoms with E-state index in [4.69, 9.17) is 10.5 Å². The Morgan fingerprint density at radius 3 is 2.73 bits per heavy atom. The first-order chi connectivity index (χ1) is 24.9. The van der Waals surface area contributed by atoms with Crippen LogP contribution in [0, 0.1) is 5.82 Å². The number of carbonyl (C=O) groups excluding carboxylic acids is 1. The number of halogens is 3. The van der Waals surface area contributed by atoms with Gasteiger partial charge in [-0.15, -0.1) is 0 Å². The fourth-order valence-corrected chi connectivity index (χ4v) is 9.09. The van der Waals surface area contributed by atoms with Gasteiger partial charge in [0.1, 0.15) is 22.1 Å². The molecule has 2 aromatic heterocycles. The molecule has 0 aliphatic heterocycles. The van der Waals surface area contributed by atoms with Gasteiger partial charge < -0.3 is 20.2 Å². The first-order valence-corrected chi connectivity index (χ1v) is 19.9. The van der Waals surface area contributed by atoms with Crippen LogP contribution < -0.4 is 10.5 Å². The van der Waals surface area contributed by atoms with Crippen molar-refractivity contribution in [3.05, 3.63) is 130 Å². The summed E-state index contributed by atoms with van der Waals surface area (Å²) in [7, 11) is -2.98. The molecule has 3 N–H and O–H groups in total. The molecule has 2 heterocycles. The molecule has 0 fully saturated rings. The lowest BCUT2D eigenvalue weighted by atomic mass is 9.99. The number of fused-ring (bicyclic) bond motifs is 1. The summed E-state index contributed by atoms with van der Waals surface area (Å²) >= 11 is 5.14. The number of carbonyl (C=O) groups is 1. The number of methoxy groups -OCH3 is 1. The Labute approximate surface area is 313 Å². The van der Waals surface area contributed by atoms with Crippen LogP contribution >= 0.6 is 27.7 Å². The van der Waals surface area contributed by atoms with Gasteiger partial charge in [0.25, 0.3) is 10.0 Å². The van der Waals surface area contributed by atoms with E-state index in [0.29, 0.717) is 30.5 Å². The molecule has 3 aromatic carbocycles. The number of hydrogen-bond donors (Lipinski definition) is 2. The van der Waals surface area contributed by atoms with Crippen LogP contribution in [0.4, 0.5) is 8.78 Å². The molecule has 1 aliphatic carbocycles. The fourth-order valence-electron chi connectivity index (χ4n) is 6.05. The Kier molecular flexibility index (Phi) is 11.4. The highest BCUT2D eigenvalue weighted by Crippen LogP contribution is 2.41. The smallest absolute Gasteiger partial charge is 0.305 e. The highest BCUT2D eigenvalue weighted by molar-refractivity contribution is 9.10. The van der Waals surface area contributed by atoms with Gasteiger partial charge in [-0.05, 0) is 97.4 Å². The van der Waals surface area contributed by atoms with Gasteiger partial charge in [0.15, 0.2) is 11.6 Å². The summed E-state index contributed by atoms with van der Waals surface area (Å²) in [4.78, 5) is 18.7. The Hall–Kier alpha value is -4.24. The number of nitrogens with one attached hydrogen (secondary N) is 1. The SMILES string of the molecule is COC(=O)CCCSCCc1cccc2c1ccn2S(=O)(=O)C1(C)CC=CC(Oc2ccc(F)c(-c3ncc(C(N)c4cccc(Br)c4)[nH]3)c2)=C1F. The molecule has 272 valence electrons. The lowest BCUT2D eigenvalue weighted by molar-refractivity contribution is -0.140. The topological polar surface area (TPSA) is 129 Å². The molecule has 0 radical (unpaired) electrons. The molecular formula is C38H37BrF2N4O5S2. The number of hydrogen-bond acceptors (Lipinski definition) is 8. The second kappa shape index (κ2) is 15.8. The van der Waals surface area contributed by atoms with E-state index in [1.807, 2.05) is 30.3 Å². The zero-order valence-corrected chi connectivity index (χ0v) is 31.7. The molecule has 6 rings (SSSR count). The molecule has 2 atom stereocenters. The molecule has 52 heavy (non-hydrogen) atoms. The monoisotopic (exact) mass is 810 g/mol. The van der Waals surface area contributed by atoms with E-state index in [1.54, 1.807) is 36.0 Å². The minimum Gasteiger partial charge on any atom is -0.469 e. The molecule has 14 heteroatoms.